The summed E-state index contributed by atoms with van der Waals surface area (Å²) in [5.74, 6) is 0.401. The zero-order chi connectivity index (χ0) is 15.0. The van der Waals surface area contributed by atoms with Crippen LogP contribution in [0, 0.1) is 0 Å². The standard InChI is InChI=1S/C16H14ClO3P/c1-2-11-3-5-12(6-4-11)15-9-13-7-8-14(17)10-16(13)21(18,19)20-15/h3-10H,2H2,1H3,(H,18,19). The van der Waals surface area contributed by atoms with Gasteiger partial charge in [0.25, 0.3) is 0 Å². The highest BCUT2D eigenvalue weighted by molar-refractivity contribution is 7.61. The van der Waals surface area contributed by atoms with Crippen molar-refractivity contribution in [3.63, 3.8) is 0 Å². The van der Waals surface area contributed by atoms with E-state index in [0.29, 0.717) is 16.3 Å². The molecule has 3 rings (SSSR count). The van der Waals surface area contributed by atoms with Gasteiger partial charge in [-0.15, -0.1) is 0 Å². The van der Waals surface area contributed by atoms with Gasteiger partial charge in [0.1, 0.15) is 5.76 Å². The molecule has 0 saturated carbocycles. The van der Waals surface area contributed by atoms with E-state index in [0.717, 1.165) is 12.0 Å². The summed E-state index contributed by atoms with van der Waals surface area (Å²) < 4.78 is 17.7. The first-order valence-electron chi connectivity index (χ1n) is 6.63. The smallest absolute Gasteiger partial charge is 0.408 e. The summed E-state index contributed by atoms with van der Waals surface area (Å²) in [4.78, 5) is 10.1. The van der Waals surface area contributed by atoms with Crippen molar-refractivity contribution in [2.24, 2.45) is 0 Å². The molecule has 1 heterocycles. The molecule has 0 aromatic heterocycles. The van der Waals surface area contributed by atoms with E-state index in [2.05, 4.69) is 6.92 Å². The summed E-state index contributed by atoms with van der Waals surface area (Å²) in [6.07, 6.45) is 2.71. The van der Waals surface area contributed by atoms with Crippen LogP contribution >= 0.6 is 19.2 Å². The van der Waals surface area contributed by atoms with Gasteiger partial charge in [0.15, 0.2) is 0 Å². The minimum Gasteiger partial charge on any atom is -0.421 e. The number of benzene rings is 2. The fraction of sp³-hybridized carbons (Fsp3) is 0.125. The van der Waals surface area contributed by atoms with Crippen LogP contribution in [0.15, 0.2) is 42.5 Å². The Morgan fingerprint density at radius 2 is 1.90 bits per heavy atom. The van der Waals surface area contributed by atoms with Crippen molar-refractivity contribution in [1.82, 2.24) is 0 Å². The van der Waals surface area contributed by atoms with Crippen molar-refractivity contribution in [1.29, 1.82) is 0 Å². The first kappa shape index (κ1) is 14.4. The van der Waals surface area contributed by atoms with Gasteiger partial charge < -0.3 is 9.42 Å². The van der Waals surface area contributed by atoms with Crippen LogP contribution in [0.5, 0.6) is 0 Å². The van der Waals surface area contributed by atoms with Crippen molar-refractivity contribution in [2.45, 2.75) is 13.3 Å². The van der Waals surface area contributed by atoms with E-state index in [4.69, 9.17) is 16.1 Å². The highest BCUT2D eigenvalue weighted by Crippen LogP contribution is 2.50. The topological polar surface area (TPSA) is 46.5 Å². The van der Waals surface area contributed by atoms with Crippen LogP contribution in [-0.4, -0.2) is 4.89 Å². The predicted molar refractivity (Wildman–Crippen MR) is 85.7 cm³/mol. The third kappa shape index (κ3) is 2.77. The number of aryl methyl sites for hydroxylation is 1. The van der Waals surface area contributed by atoms with E-state index in [1.54, 1.807) is 18.2 Å². The summed E-state index contributed by atoms with van der Waals surface area (Å²) in [5, 5.41) is 0.653. The second-order valence-corrected chi connectivity index (χ2v) is 7.02. The lowest BCUT2D eigenvalue weighted by Gasteiger charge is -2.23. The van der Waals surface area contributed by atoms with E-state index in [1.165, 1.54) is 11.6 Å². The maximum absolute atomic E-state index is 12.3. The first-order valence-corrected chi connectivity index (χ1v) is 8.58. The fourth-order valence-electron chi connectivity index (χ4n) is 2.27. The molecule has 0 bridgehead atoms. The lowest BCUT2D eigenvalue weighted by molar-refractivity contribution is 0.375. The zero-order valence-corrected chi connectivity index (χ0v) is 13.1. The largest absolute Gasteiger partial charge is 0.421 e. The van der Waals surface area contributed by atoms with Gasteiger partial charge >= 0.3 is 7.60 Å². The Hall–Kier alpha value is -1.54. The Bertz CT molecular complexity index is 766. The van der Waals surface area contributed by atoms with Crippen LogP contribution in [0.25, 0.3) is 11.8 Å². The van der Waals surface area contributed by atoms with E-state index >= 15 is 0 Å². The third-order valence-electron chi connectivity index (χ3n) is 3.45. The monoisotopic (exact) mass is 320 g/mol. The normalized spacial score (nSPS) is 20.4. The van der Waals surface area contributed by atoms with Crippen LogP contribution in [-0.2, 0) is 15.5 Å². The highest BCUT2D eigenvalue weighted by atomic mass is 35.5. The Balaban J connectivity index is 2.08. The molecule has 5 heteroatoms. The molecule has 0 radical (unpaired) electrons. The second kappa shape index (κ2) is 5.34. The molecule has 1 aliphatic heterocycles. The molecule has 0 fully saturated rings. The lowest BCUT2D eigenvalue weighted by Crippen LogP contribution is -2.14. The average Bonchev–Trinajstić information content (AvgIpc) is 2.47. The molecular weight excluding hydrogens is 307 g/mol. The predicted octanol–water partition coefficient (Wildman–Crippen LogP) is 4.24. The molecule has 108 valence electrons. The molecule has 0 aliphatic carbocycles. The molecule has 3 nitrogen and oxygen atoms in total. The van der Waals surface area contributed by atoms with E-state index in [1.807, 2.05) is 24.3 Å². The number of hydrogen-bond donors (Lipinski definition) is 1. The van der Waals surface area contributed by atoms with Crippen molar-refractivity contribution in [2.75, 3.05) is 0 Å². The van der Waals surface area contributed by atoms with Gasteiger partial charge in [0.05, 0.1) is 5.30 Å². The van der Waals surface area contributed by atoms with Crippen molar-refractivity contribution in [3.05, 3.63) is 64.2 Å². The molecule has 0 saturated heterocycles. The summed E-state index contributed by atoms with van der Waals surface area (Å²) in [6, 6.07) is 12.7. The van der Waals surface area contributed by atoms with Gasteiger partial charge in [0, 0.05) is 10.6 Å². The average molecular weight is 321 g/mol. The highest BCUT2D eigenvalue weighted by Gasteiger charge is 2.32. The van der Waals surface area contributed by atoms with Crippen molar-refractivity contribution >= 4 is 36.3 Å². The Labute approximate surface area is 128 Å². The van der Waals surface area contributed by atoms with Crippen LogP contribution in [0.4, 0.5) is 0 Å². The third-order valence-corrected chi connectivity index (χ3v) is 5.13. The minimum absolute atomic E-state index is 0.240. The van der Waals surface area contributed by atoms with Gasteiger partial charge in [-0.25, -0.2) is 4.57 Å². The summed E-state index contributed by atoms with van der Waals surface area (Å²) >= 11 is 5.88. The molecule has 2 aromatic carbocycles. The Kier molecular flexibility index (Phi) is 3.66. The number of hydrogen-bond acceptors (Lipinski definition) is 2. The SMILES string of the molecule is CCc1ccc(C2=Cc3ccc(Cl)cc3P(=O)(O)O2)cc1. The first-order chi connectivity index (χ1) is 9.99. The maximum Gasteiger partial charge on any atom is 0.408 e. The van der Waals surface area contributed by atoms with Crippen LogP contribution in [0.2, 0.25) is 5.02 Å². The Morgan fingerprint density at radius 3 is 2.57 bits per heavy atom. The fourth-order valence-corrected chi connectivity index (χ4v) is 3.81. The van der Waals surface area contributed by atoms with Gasteiger partial charge in [0.2, 0.25) is 0 Å². The van der Waals surface area contributed by atoms with E-state index in [-0.39, 0.29) is 5.30 Å². The quantitative estimate of drug-likeness (QED) is 0.842. The molecule has 1 unspecified atom stereocenters. The number of rotatable bonds is 2. The van der Waals surface area contributed by atoms with E-state index in [9.17, 15) is 9.46 Å². The van der Waals surface area contributed by atoms with Crippen LogP contribution < -0.4 is 5.30 Å². The van der Waals surface area contributed by atoms with Crippen LogP contribution in [0.1, 0.15) is 23.6 Å². The number of halogens is 1. The molecule has 1 aliphatic rings. The molecule has 1 atom stereocenters. The molecule has 0 spiro atoms. The van der Waals surface area contributed by atoms with Crippen molar-refractivity contribution < 1.29 is 14.0 Å². The molecular formula is C16H14ClO3P. The zero-order valence-electron chi connectivity index (χ0n) is 11.4. The second-order valence-electron chi connectivity index (χ2n) is 4.87. The van der Waals surface area contributed by atoms with Crippen molar-refractivity contribution in [3.8, 4) is 0 Å². The lowest BCUT2D eigenvalue weighted by atomic mass is 10.1. The minimum atomic E-state index is -3.90. The van der Waals surface area contributed by atoms with Gasteiger partial charge in [-0.05, 0) is 35.8 Å². The summed E-state index contributed by atoms with van der Waals surface area (Å²) in [5.41, 5.74) is 2.64. The number of fused-ring (bicyclic) bond motifs is 1. The summed E-state index contributed by atoms with van der Waals surface area (Å²) in [7, 11) is -3.90. The van der Waals surface area contributed by atoms with Gasteiger partial charge in [-0.1, -0.05) is 48.9 Å². The molecule has 0 amide bonds. The summed E-state index contributed by atoms with van der Waals surface area (Å²) in [6.45, 7) is 2.08. The molecule has 21 heavy (non-hydrogen) atoms. The van der Waals surface area contributed by atoms with Gasteiger partial charge in [-0.3, -0.25) is 0 Å². The van der Waals surface area contributed by atoms with Crippen LogP contribution in [0.3, 0.4) is 0 Å². The van der Waals surface area contributed by atoms with Gasteiger partial charge in [-0.2, -0.15) is 0 Å². The molecule has 1 N–H and O–H groups in total. The Morgan fingerprint density at radius 1 is 1.19 bits per heavy atom. The molecule has 2 aromatic rings. The maximum atomic E-state index is 12.3. The van der Waals surface area contributed by atoms with E-state index < -0.39 is 7.60 Å².